The molecule has 3 fully saturated rings. The van der Waals surface area contributed by atoms with Gasteiger partial charge in [0, 0.05) is 19.8 Å². The summed E-state index contributed by atoms with van der Waals surface area (Å²) in [5, 5.41) is 35.1. The molecule has 10 heteroatoms. The molecule has 0 aliphatic heterocycles. The van der Waals surface area contributed by atoms with E-state index in [1.807, 2.05) is 0 Å². The first kappa shape index (κ1) is 29.9. The lowest BCUT2D eigenvalue weighted by Crippen LogP contribution is -2.78. The number of hydrogen-bond acceptors (Lipinski definition) is 10. The number of fused-ring (bicyclic) bond motifs is 3. The van der Waals surface area contributed by atoms with E-state index in [0.29, 0.717) is 0 Å². The Kier molecular flexibility index (Phi) is 7.77. The number of carbonyl (C=O) groups is 4. The van der Waals surface area contributed by atoms with Crippen LogP contribution in [0.2, 0.25) is 0 Å². The minimum absolute atomic E-state index is 0.0198. The Morgan fingerprint density at radius 1 is 0.975 bits per heavy atom. The van der Waals surface area contributed by atoms with Gasteiger partial charge in [-0.05, 0) is 49.1 Å². The quantitative estimate of drug-likeness (QED) is 0.277. The highest BCUT2D eigenvalue weighted by Gasteiger charge is 2.74. The molecular weight excluding hydrogens is 520 g/mol. The predicted octanol–water partition coefficient (Wildman–Crippen LogP) is 1.99. The molecule has 40 heavy (non-hydrogen) atoms. The zero-order valence-electron chi connectivity index (χ0n) is 23.4. The predicted molar refractivity (Wildman–Crippen MR) is 141 cm³/mol. The number of Topliss-reactive ketones (excluding diaryl/α,β-unsaturated/α-hetero) is 1. The fourth-order valence-corrected chi connectivity index (χ4v) is 7.47. The molecule has 10 unspecified atom stereocenters. The fraction of sp³-hybridized carbons (Fsp3) is 0.600. The van der Waals surface area contributed by atoms with Crippen molar-refractivity contribution in [3.05, 3.63) is 48.6 Å². The van der Waals surface area contributed by atoms with Crippen LogP contribution in [0, 0.1) is 29.1 Å². The van der Waals surface area contributed by atoms with Crippen molar-refractivity contribution in [3.8, 4) is 0 Å². The van der Waals surface area contributed by atoms with Crippen LogP contribution in [0.25, 0.3) is 0 Å². The largest absolute Gasteiger partial charge is 0.460 e. The minimum atomic E-state index is -2.46. The second-order valence-corrected chi connectivity index (χ2v) is 12.1. The van der Waals surface area contributed by atoms with Crippen molar-refractivity contribution >= 4 is 23.7 Å². The zero-order chi connectivity index (χ0) is 29.8. The van der Waals surface area contributed by atoms with Crippen LogP contribution in [0.4, 0.5) is 0 Å². The third-order valence-electron chi connectivity index (χ3n) is 9.33. The summed E-state index contributed by atoms with van der Waals surface area (Å²) in [6.07, 6.45) is -3.45. The Bertz CT molecular complexity index is 1190. The smallest absolute Gasteiger partial charge is 0.338 e. The highest BCUT2D eigenvalue weighted by Crippen LogP contribution is 2.61. The van der Waals surface area contributed by atoms with Crippen LogP contribution in [-0.4, -0.2) is 74.6 Å². The summed E-state index contributed by atoms with van der Waals surface area (Å²) < 4.78 is 17.0. The Balaban J connectivity index is 1.92. The molecule has 218 valence electrons. The van der Waals surface area contributed by atoms with Gasteiger partial charge in [-0.25, -0.2) is 4.79 Å². The summed E-state index contributed by atoms with van der Waals surface area (Å²) in [7, 11) is 0. The molecule has 0 aromatic heterocycles. The van der Waals surface area contributed by atoms with Gasteiger partial charge in [-0.1, -0.05) is 38.1 Å². The molecule has 0 spiro atoms. The van der Waals surface area contributed by atoms with E-state index < -0.39 is 88.4 Å². The zero-order valence-corrected chi connectivity index (χ0v) is 23.4. The molecule has 3 N–H and O–H groups in total. The lowest BCUT2D eigenvalue weighted by molar-refractivity contribution is -0.271. The van der Waals surface area contributed by atoms with E-state index in [0.717, 1.165) is 6.92 Å². The van der Waals surface area contributed by atoms with Gasteiger partial charge in [-0.15, -0.1) is 6.58 Å². The lowest BCUT2D eigenvalue weighted by atomic mass is 9.45. The van der Waals surface area contributed by atoms with Gasteiger partial charge in [0.15, 0.2) is 11.4 Å². The first-order valence-electron chi connectivity index (χ1n) is 13.5. The number of esters is 3. The molecule has 0 heterocycles. The van der Waals surface area contributed by atoms with Crippen LogP contribution in [-0.2, 0) is 28.6 Å². The van der Waals surface area contributed by atoms with Crippen LogP contribution < -0.4 is 0 Å². The van der Waals surface area contributed by atoms with Crippen molar-refractivity contribution < 1.29 is 48.7 Å². The Morgan fingerprint density at radius 3 is 2.12 bits per heavy atom. The van der Waals surface area contributed by atoms with E-state index in [2.05, 4.69) is 6.58 Å². The van der Waals surface area contributed by atoms with Gasteiger partial charge in [0.1, 0.15) is 23.9 Å². The molecule has 1 aromatic rings. The minimum Gasteiger partial charge on any atom is -0.460 e. The summed E-state index contributed by atoms with van der Waals surface area (Å²) >= 11 is 0. The lowest BCUT2D eigenvalue weighted by Gasteiger charge is -2.63. The summed E-state index contributed by atoms with van der Waals surface area (Å²) in [5.74, 6) is -6.57. The molecule has 4 rings (SSSR count). The average Bonchev–Trinajstić information content (AvgIpc) is 2.87. The second kappa shape index (κ2) is 10.4. The van der Waals surface area contributed by atoms with Gasteiger partial charge < -0.3 is 29.5 Å². The first-order valence-corrected chi connectivity index (χ1v) is 13.5. The molecule has 3 aliphatic carbocycles. The highest BCUT2D eigenvalue weighted by molar-refractivity contribution is 5.97. The molecule has 0 radical (unpaired) electrons. The normalized spacial score (nSPS) is 40.1. The van der Waals surface area contributed by atoms with E-state index >= 15 is 0 Å². The van der Waals surface area contributed by atoms with Gasteiger partial charge in [-0.3, -0.25) is 14.4 Å². The molecule has 3 aliphatic rings. The van der Waals surface area contributed by atoms with Crippen LogP contribution >= 0.6 is 0 Å². The Hall–Kier alpha value is -3.08. The molecule has 1 aromatic carbocycles. The van der Waals surface area contributed by atoms with Gasteiger partial charge in [0.25, 0.3) is 0 Å². The van der Waals surface area contributed by atoms with Crippen LogP contribution in [0.15, 0.2) is 43.0 Å². The fourth-order valence-electron chi connectivity index (χ4n) is 7.47. The Morgan fingerprint density at radius 2 is 1.57 bits per heavy atom. The number of hydrogen-bond donors (Lipinski definition) is 3. The first-order chi connectivity index (χ1) is 18.6. The van der Waals surface area contributed by atoms with Crippen molar-refractivity contribution in [3.63, 3.8) is 0 Å². The number of aliphatic hydroxyl groups excluding tert-OH is 1. The van der Waals surface area contributed by atoms with E-state index in [1.54, 1.807) is 44.2 Å². The number of ketones is 1. The molecule has 3 saturated carbocycles. The molecule has 10 atom stereocenters. The van der Waals surface area contributed by atoms with E-state index in [4.69, 9.17) is 14.2 Å². The third-order valence-corrected chi connectivity index (χ3v) is 9.33. The molecule has 0 bridgehead atoms. The van der Waals surface area contributed by atoms with Crippen molar-refractivity contribution in [1.29, 1.82) is 0 Å². The summed E-state index contributed by atoms with van der Waals surface area (Å²) in [4.78, 5) is 51.5. The van der Waals surface area contributed by atoms with Gasteiger partial charge in [-0.2, -0.15) is 0 Å². The third kappa shape index (κ3) is 4.65. The molecular formula is C30H38O10. The van der Waals surface area contributed by atoms with Crippen LogP contribution in [0.5, 0.6) is 0 Å². The average molecular weight is 559 g/mol. The Labute approximate surface area is 233 Å². The van der Waals surface area contributed by atoms with Gasteiger partial charge in [0.05, 0.1) is 17.6 Å². The van der Waals surface area contributed by atoms with Crippen molar-refractivity contribution in [2.45, 2.75) is 83.1 Å². The monoisotopic (exact) mass is 558 g/mol. The summed E-state index contributed by atoms with van der Waals surface area (Å²) in [6, 6.07) is 8.13. The second-order valence-electron chi connectivity index (χ2n) is 12.1. The van der Waals surface area contributed by atoms with Crippen LogP contribution in [0.1, 0.15) is 57.8 Å². The van der Waals surface area contributed by atoms with Crippen molar-refractivity contribution in [1.82, 2.24) is 0 Å². The van der Waals surface area contributed by atoms with E-state index in [1.165, 1.54) is 19.9 Å². The maximum Gasteiger partial charge on any atom is 0.338 e. The number of benzene rings is 1. The molecule has 10 nitrogen and oxygen atoms in total. The number of rotatable bonds is 5. The van der Waals surface area contributed by atoms with Gasteiger partial charge in [0.2, 0.25) is 0 Å². The van der Waals surface area contributed by atoms with Crippen LogP contribution in [0.3, 0.4) is 0 Å². The number of carbonyl (C=O) groups excluding carboxylic acids is 4. The molecule has 0 saturated heterocycles. The number of aliphatic hydroxyl groups is 3. The van der Waals surface area contributed by atoms with Crippen molar-refractivity contribution in [2.75, 3.05) is 0 Å². The maximum absolute atomic E-state index is 14.0. The maximum atomic E-state index is 14.0. The number of ether oxygens (including phenoxy) is 3. The van der Waals surface area contributed by atoms with Crippen molar-refractivity contribution in [2.24, 2.45) is 29.1 Å². The summed E-state index contributed by atoms with van der Waals surface area (Å²) in [6.45, 7) is 10.9. The van der Waals surface area contributed by atoms with E-state index in [9.17, 15) is 34.5 Å². The summed E-state index contributed by atoms with van der Waals surface area (Å²) in [5.41, 5.74) is -5.43. The standard InChI is InChI=1S/C30H38O10/c1-7-19-24(40-26(34)17-11-9-8-10-12-17)23-18-13-21(38-15(2)31)25(33)28(4,5)20(18)14-22(39-16(3)32)30(23,37)27(35)29(19,6)36/h7-12,18-25,33,36-37H,1,13-14H2,2-6H3. The molecule has 0 amide bonds. The van der Waals surface area contributed by atoms with Gasteiger partial charge >= 0.3 is 17.9 Å². The highest BCUT2D eigenvalue weighted by atomic mass is 16.6. The SMILES string of the molecule is C=CC1C(OC(=O)c2ccccc2)C2C3CC(OC(C)=O)C(O)C(C)(C)C3CC(OC(C)=O)C2(O)C(=O)C1(C)O. The van der Waals surface area contributed by atoms with E-state index in [-0.39, 0.29) is 18.4 Å². The topological polar surface area (TPSA) is 157 Å².